The quantitative estimate of drug-likeness (QED) is 0.331. The van der Waals surface area contributed by atoms with Crippen molar-refractivity contribution in [3.63, 3.8) is 0 Å². The van der Waals surface area contributed by atoms with Gasteiger partial charge in [-0.15, -0.1) is 0 Å². The molecule has 0 fully saturated rings. The fourth-order valence-electron chi connectivity index (χ4n) is 2.93. The molecule has 0 radical (unpaired) electrons. The molecule has 1 aromatic rings. The number of hydrogen-bond donors (Lipinski definition) is 1. The van der Waals surface area contributed by atoms with Gasteiger partial charge in [-0.25, -0.2) is 13.6 Å². The fourth-order valence-corrected chi connectivity index (χ4v) is 2.93. The van der Waals surface area contributed by atoms with Gasteiger partial charge < -0.3 is 10.1 Å². The highest BCUT2D eigenvalue weighted by Gasteiger charge is 2.22. The van der Waals surface area contributed by atoms with E-state index in [2.05, 4.69) is 12.2 Å². The lowest BCUT2D eigenvalue weighted by molar-refractivity contribution is -0.145. The summed E-state index contributed by atoms with van der Waals surface area (Å²) in [7, 11) is 0. The monoisotopic (exact) mass is 397 g/mol. The summed E-state index contributed by atoms with van der Waals surface area (Å²) in [5, 5.41) is 2.27. The zero-order valence-electron chi connectivity index (χ0n) is 17.1. The van der Waals surface area contributed by atoms with Crippen molar-refractivity contribution in [3.05, 3.63) is 35.4 Å². The number of ether oxygens (including phenoxy) is 1. The Labute approximate surface area is 167 Å². The highest BCUT2D eigenvalue weighted by molar-refractivity contribution is 5.97. The van der Waals surface area contributed by atoms with Crippen molar-refractivity contribution < 1.29 is 23.1 Å². The summed E-state index contributed by atoms with van der Waals surface area (Å²) in [4.78, 5) is 23.9. The predicted molar refractivity (Wildman–Crippen MR) is 106 cm³/mol. The first kappa shape index (κ1) is 24.1. The number of hydrogen-bond acceptors (Lipinski definition) is 3. The molecule has 0 saturated heterocycles. The number of amides is 1. The maximum absolute atomic E-state index is 13.6. The van der Waals surface area contributed by atoms with Gasteiger partial charge in [0.2, 0.25) is 0 Å². The van der Waals surface area contributed by atoms with Gasteiger partial charge >= 0.3 is 5.97 Å². The molecule has 0 aliphatic heterocycles. The highest BCUT2D eigenvalue weighted by Crippen LogP contribution is 2.12. The number of unbranched alkanes of at least 4 members (excludes halogenated alkanes) is 9. The van der Waals surface area contributed by atoms with Crippen LogP contribution >= 0.6 is 0 Å². The van der Waals surface area contributed by atoms with Crippen LogP contribution in [0.4, 0.5) is 8.78 Å². The van der Waals surface area contributed by atoms with Gasteiger partial charge in [-0.3, -0.25) is 4.79 Å². The van der Waals surface area contributed by atoms with Crippen LogP contribution in [0.1, 0.15) is 88.4 Å². The summed E-state index contributed by atoms with van der Waals surface area (Å²) in [5.74, 6) is -3.52. The summed E-state index contributed by atoms with van der Waals surface area (Å²) in [6, 6.07) is 2.18. The maximum atomic E-state index is 13.6. The van der Waals surface area contributed by atoms with Crippen molar-refractivity contribution in [3.8, 4) is 0 Å². The van der Waals surface area contributed by atoms with E-state index in [1.165, 1.54) is 57.9 Å². The zero-order valence-corrected chi connectivity index (χ0v) is 17.1. The van der Waals surface area contributed by atoms with E-state index in [4.69, 9.17) is 4.74 Å². The SMILES string of the molecule is CCCCCCCCCCCCOC(=O)C(C)NC(=O)c1c(F)cccc1F. The zero-order chi connectivity index (χ0) is 20.8. The van der Waals surface area contributed by atoms with Crippen LogP contribution in [0, 0.1) is 11.6 Å². The number of rotatable bonds is 14. The van der Waals surface area contributed by atoms with E-state index in [0.717, 1.165) is 31.4 Å². The normalized spacial score (nSPS) is 11.9. The van der Waals surface area contributed by atoms with Gasteiger partial charge in [-0.2, -0.15) is 0 Å². The average Bonchev–Trinajstić information content (AvgIpc) is 2.65. The lowest BCUT2D eigenvalue weighted by Crippen LogP contribution is -2.40. The molecule has 0 saturated carbocycles. The summed E-state index contributed by atoms with van der Waals surface area (Å²) in [6.45, 7) is 3.92. The first-order valence-corrected chi connectivity index (χ1v) is 10.4. The van der Waals surface area contributed by atoms with Gasteiger partial charge in [0.05, 0.1) is 6.61 Å². The van der Waals surface area contributed by atoms with Crippen LogP contribution in [0.2, 0.25) is 0 Å². The molecule has 1 aromatic carbocycles. The molecule has 0 aliphatic carbocycles. The van der Waals surface area contributed by atoms with Gasteiger partial charge in [0.15, 0.2) is 0 Å². The van der Waals surface area contributed by atoms with Crippen LogP contribution in [-0.4, -0.2) is 24.5 Å². The molecular weight excluding hydrogens is 364 g/mol. The van der Waals surface area contributed by atoms with Gasteiger partial charge in [-0.1, -0.05) is 70.8 Å². The van der Waals surface area contributed by atoms with Gasteiger partial charge in [-0.05, 0) is 25.5 Å². The van der Waals surface area contributed by atoms with E-state index < -0.39 is 35.1 Å². The van der Waals surface area contributed by atoms with Crippen LogP contribution < -0.4 is 5.32 Å². The van der Waals surface area contributed by atoms with Crippen LogP contribution in [-0.2, 0) is 9.53 Å². The van der Waals surface area contributed by atoms with Crippen molar-refractivity contribution in [2.75, 3.05) is 6.61 Å². The van der Waals surface area contributed by atoms with Gasteiger partial charge in [0, 0.05) is 0 Å². The Morgan fingerprint density at radius 3 is 1.96 bits per heavy atom. The topological polar surface area (TPSA) is 55.4 Å². The third kappa shape index (κ3) is 9.29. The second kappa shape index (κ2) is 14.1. The molecule has 0 aliphatic rings. The number of benzene rings is 1. The first-order chi connectivity index (χ1) is 13.5. The van der Waals surface area contributed by atoms with E-state index >= 15 is 0 Å². The second-order valence-corrected chi connectivity index (χ2v) is 7.14. The third-order valence-corrected chi connectivity index (χ3v) is 4.63. The fraction of sp³-hybridized carbons (Fsp3) is 0.636. The number of esters is 1. The lowest BCUT2D eigenvalue weighted by Gasteiger charge is -2.14. The van der Waals surface area contributed by atoms with Crippen LogP contribution in [0.3, 0.4) is 0 Å². The van der Waals surface area contributed by atoms with E-state index in [1.807, 2.05) is 0 Å². The summed E-state index contributed by atoms with van der Waals surface area (Å²) in [6.07, 6.45) is 11.8. The Bertz CT molecular complexity index is 587. The average molecular weight is 398 g/mol. The minimum Gasteiger partial charge on any atom is -0.464 e. The predicted octanol–water partition coefficient (Wildman–Crippen LogP) is 5.55. The minimum atomic E-state index is -0.977. The lowest BCUT2D eigenvalue weighted by atomic mass is 10.1. The Hall–Kier alpha value is -1.98. The van der Waals surface area contributed by atoms with Crippen LogP contribution in [0.15, 0.2) is 18.2 Å². The summed E-state index contributed by atoms with van der Waals surface area (Å²) in [5.41, 5.74) is -0.697. The molecule has 1 atom stereocenters. The van der Waals surface area contributed by atoms with E-state index in [9.17, 15) is 18.4 Å². The molecular formula is C22H33F2NO3. The number of halogens is 2. The minimum absolute atomic E-state index is 0.281. The van der Waals surface area contributed by atoms with Crippen molar-refractivity contribution in [2.45, 2.75) is 84.1 Å². The molecule has 1 rings (SSSR count). The van der Waals surface area contributed by atoms with Gasteiger partial charge in [0.25, 0.3) is 5.91 Å². The third-order valence-electron chi connectivity index (χ3n) is 4.63. The molecule has 1 amide bonds. The van der Waals surface area contributed by atoms with Crippen LogP contribution in [0.5, 0.6) is 0 Å². The summed E-state index contributed by atoms with van der Waals surface area (Å²) < 4.78 is 32.3. The first-order valence-electron chi connectivity index (χ1n) is 10.4. The molecule has 0 heterocycles. The number of carbonyl (C=O) groups is 2. The molecule has 4 nitrogen and oxygen atoms in total. The number of carbonyl (C=O) groups excluding carboxylic acids is 2. The second-order valence-electron chi connectivity index (χ2n) is 7.14. The summed E-state index contributed by atoms with van der Waals surface area (Å²) >= 11 is 0. The van der Waals surface area contributed by atoms with Crippen molar-refractivity contribution in [2.24, 2.45) is 0 Å². The van der Waals surface area contributed by atoms with Crippen molar-refractivity contribution in [1.82, 2.24) is 5.32 Å². The van der Waals surface area contributed by atoms with E-state index in [1.54, 1.807) is 0 Å². The molecule has 158 valence electrons. The van der Waals surface area contributed by atoms with Crippen LogP contribution in [0.25, 0.3) is 0 Å². The molecule has 28 heavy (non-hydrogen) atoms. The smallest absolute Gasteiger partial charge is 0.328 e. The molecule has 1 unspecified atom stereocenters. The molecule has 1 N–H and O–H groups in total. The molecule has 0 spiro atoms. The van der Waals surface area contributed by atoms with Crippen molar-refractivity contribution in [1.29, 1.82) is 0 Å². The maximum Gasteiger partial charge on any atom is 0.328 e. The number of nitrogens with one attached hydrogen (secondary N) is 1. The molecule has 6 heteroatoms. The van der Waals surface area contributed by atoms with Gasteiger partial charge in [0.1, 0.15) is 23.2 Å². The molecule has 0 aromatic heterocycles. The highest BCUT2D eigenvalue weighted by atomic mass is 19.1. The van der Waals surface area contributed by atoms with Crippen molar-refractivity contribution >= 4 is 11.9 Å². The van der Waals surface area contributed by atoms with E-state index in [0.29, 0.717) is 0 Å². The largest absolute Gasteiger partial charge is 0.464 e. The Kier molecular flexibility index (Phi) is 12.1. The Balaban J connectivity index is 2.14. The molecule has 0 bridgehead atoms. The Morgan fingerprint density at radius 1 is 0.929 bits per heavy atom. The van der Waals surface area contributed by atoms with E-state index in [-0.39, 0.29) is 6.61 Å². The standard InChI is InChI=1S/C22H33F2NO3/c1-3-4-5-6-7-8-9-10-11-12-16-28-22(27)17(2)25-21(26)20-18(23)14-13-15-19(20)24/h13-15,17H,3-12,16H2,1-2H3,(H,25,26). The Morgan fingerprint density at radius 2 is 1.43 bits per heavy atom.